The quantitative estimate of drug-likeness (QED) is 0.930. The minimum absolute atomic E-state index is 0.296. The Morgan fingerprint density at radius 2 is 2.29 bits per heavy atom. The van der Waals surface area contributed by atoms with Gasteiger partial charge in [0.15, 0.2) is 0 Å². The van der Waals surface area contributed by atoms with Crippen LogP contribution in [-0.4, -0.2) is 19.3 Å². The van der Waals surface area contributed by atoms with Crippen molar-refractivity contribution in [1.29, 1.82) is 5.26 Å². The van der Waals surface area contributed by atoms with E-state index < -0.39 is 0 Å². The third kappa shape index (κ3) is 2.80. The maximum atomic E-state index is 8.85. The summed E-state index contributed by atoms with van der Waals surface area (Å²) >= 11 is 3.40. The first-order valence-corrected chi connectivity index (χ1v) is 6.53. The lowest BCUT2D eigenvalue weighted by Gasteiger charge is -2.21. The number of benzene rings is 1. The number of nitrogens with one attached hydrogen (secondary N) is 1. The molecule has 1 aromatic rings. The van der Waals surface area contributed by atoms with Gasteiger partial charge in [0.05, 0.1) is 17.7 Å². The first kappa shape index (κ1) is 12.4. The Balaban J connectivity index is 2.09. The molecular formula is C13H15BrN2O. The summed E-state index contributed by atoms with van der Waals surface area (Å²) < 4.78 is 6.28. The van der Waals surface area contributed by atoms with Crippen LogP contribution >= 0.6 is 15.9 Å². The summed E-state index contributed by atoms with van der Waals surface area (Å²) in [4.78, 5) is 0. The van der Waals surface area contributed by atoms with E-state index in [-0.39, 0.29) is 0 Å². The Hall–Kier alpha value is -1.05. The average Bonchev–Trinajstić information content (AvgIpc) is 2.76. The standard InChI is InChI=1S/C13H15BrN2O/c1-17-13-4-2-3-12(13)16-10-6-5-9(8-15)11(14)7-10/h5-7,12-13,16H,2-4H2,1H3. The fourth-order valence-corrected chi connectivity index (χ4v) is 2.75. The minimum atomic E-state index is 0.296. The van der Waals surface area contributed by atoms with Crippen molar-refractivity contribution in [2.75, 3.05) is 12.4 Å². The number of hydrogen-bond donors (Lipinski definition) is 1. The van der Waals surface area contributed by atoms with Crippen molar-refractivity contribution >= 4 is 21.6 Å². The molecule has 1 N–H and O–H groups in total. The summed E-state index contributed by atoms with van der Waals surface area (Å²) in [6.45, 7) is 0. The van der Waals surface area contributed by atoms with Gasteiger partial charge in [0.2, 0.25) is 0 Å². The molecule has 2 unspecified atom stereocenters. The molecule has 0 heterocycles. The van der Waals surface area contributed by atoms with Crippen LogP contribution in [0.5, 0.6) is 0 Å². The van der Waals surface area contributed by atoms with E-state index in [1.807, 2.05) is 18.2 Å². The summed E-state index contributed by atoms with van der Waals surface area (Å²) in [7, 11) is 1.76. The molecule has 1 fully saturated rings. The van der Waals surface area contributed by atoms with Crippen LogP contribution in [0.25, 0.3) is 0 Å². The molecule has 1 saturated carbocycles. The summed E-state index contributed by atoms with van der Waals surface area (Å²) in [6.07, 6.45) is 3.75. The SMILES string of the molecule is COC1CCCC1Nc1ccc(C#N)c(Br)c1. The van der Waals surface area contributed by atoms with Gasteiger partial charge in [-0.3, -0.25) is 0 Å². The Bertz CT molecular complexity index is 442. The normalized spacial score (nSPS) is 23.4. The Labute approximate surface area is 110 Å². The Morgan fingerprint density at radius 3 is 2.94 bits per heavy atom. The van der Waals surface area contributed by atoms with Gasteiger partial charge in [-0.1, -0.05) is 0 Å². The molecular weight excluding hydrogens is 280 g/mol. The number of methoxy groups -OCH3 is 1. The minimum Gasteiger partial charge on any atom is -0.380 e. The van der Waals surface area contributed by atoms with E-state index in [0.29, 0.717) is 17.7 Å². The highest BCUT2D eigenvalue weighted by Crippen LogP contribution is 2.27. The van der Waals surface area contributed by atoms with Gasteiger partial charge in [-0.05, 0) is 53.4 Å². The van der Waals surface area contributed by atoms with Gasteiger partial charge < -0.3 is 10.1 Å². The van der Waals surface area contributed by atoms with Crippen LogP contribution in [0.15, 0.2) is 22.7 Å². The molecule has 1 aliphatic carbocycles. The lowest BCUT2D eigenvalue weighted by atomic mass is 10.1. The molecule has 0 amide bonds. The molecule has 17 heavy (non-hydrogen) atoms. The van der Waals surface area contributed by atoms with Gasteiger partial charge in [0.25, 0.3) is 0 Å². The van der Waals surface area contributed by atoms with Crippen molar-refractivity contribution in [2.24, 2.45) is 0 Å². The van der Waals surface area contributed by atoms with Crippen molar-refractivity contribution in [3.05, 3.63) is 28.2 Å². The number of nitrogens with zero attached hydrogens (tertiary/aromatic N) is 1. The summed E-state index contributed by atoms with van der Waals surface area (Å²) in [5.41, 5.74) is 1.69. The van der Waals surface area contributed by atoms with E-state index in [2.05, 4.69) is 27.3 Å². The van der Waals surface area contributed by atoms with E-state index in [9.17, 15) is 0 Å². The number of halogens is 1. The molecule has 2 atom stereocenters. The number of rotatable bonds is 3. The van der Waals surface area contributed by atoms with E-state index in [1.54, 1.807) is 7.11 Å². The van der Waals surface area contributed by atoms with Crippen LogP contribution in [0.2, 0.25) is 0 Å². The molecule has 0 aliphatic heterocycles. The van der Waals surface area contributed by atoms with Gasteiger partial charge in [0, 0.05) is 17.3 Å². The first-order valence-electron chi connectivity index (χ1n) is 5.73. The third-order valence-electron chi connectivity index (χ3n) is 3.20. The van der Waals surface area contributed by atoms with E-state index >= 15 is 0 Å². The third-order valence-corrected chi connectivity index (χ3v) is 3.85. The second kappa shape index (κ2) is 5.52. The van der Waals surface area contributed by atoms with Crippen LogP contribution in [0, 0.1) is 11.3 Å². The zero-order chi connectivity index (χ0) is 12.3. The van der Waals surface area contributed by atoms with Crippen LogP contribution < -0.4 is 5.32 Å². The van der Waals surface area contributed by atoms with Crippen LogP contribution in [0.3, 0.4) is 0 Å². The fraction of sp³-hybridized carbons (Fsp3) is 0.462. The number of ether oxygens (including phenoxy) is 1. The monoisotopic (exact) mass is 294 g/mol. The van der Waals surface area contributed by atoms with Crippen molar-refractivity contribution in [3.63, 3.8) is 0 Å². The van der Waals surface area contributed by atoms with E-state index in [0.717, 1.165) is 23.0 Å². The second-order valence-corrected chi connectivity index (χ2v) is 5.12. The summed E-state index contributed by atoms with van der Waals surface area (Å²) in [5.74, 6) is 0. The highest BCUT2D eigenvalue weighted by Gasteiger charge is 2.26. The van der Waals surface area contributed by atoms with Gasteiger partial charge in [-0.25, -0.2) is 0 Å². The maximum Gasteiger partial charge on any atom is 0.100 e. The number of nitriles is 1. The summed E-state index contributed by atoms with van der Waals surface area (Å²) in [6, 6.07) is 8.22. The highest BCUT2D eigenvalue weighted by atomic mass is 79.9. The number of hydrogen-bond acceptors (Lipinski definition) is 3. The maximum absolute atomic E-state index is 8.85. The van der Waals surface area contributed by atoms with Crippen LogP contribution in [-0.2, 0) is 4.74 Å². The van der Waals surface area contributed by atoms with Gasteiger partial charge in [-0.2, -0.15) is 5.26 Å². The van der Waals surface area contributed by atoms with Crippen LogP contribution in [0.4, 0.5) is 5.69 Å². The fourth-order valence-electron chi connectivity index (χ4n) is 2.28. The molecule has 0 radical (unpaired) electrons. The molecule has 4 heteroatoms. The predicted octanol–water partition coefficient (Wildman–Crippen LogP) is 3.30. The number of anilines is 1. The Kier molecular flexibility index (Phi) is 4.03. The van der Waals surface area contributed by atoms with Gasteiger partial charge in [0.1, 0.15) is 6.07 Å². The van der Waals surface area contributed by atoms with E-state index in [1.165, 1.54) is 6.42 Å². The van der Waals surface area contributed by atoms with Crippen LogP contribution in [0.1, 0.15) is 24.8 Å². The molecule has 0 aromatic heterocycles. The molecule has 3 nitrogen and oxygen atoms in total. The molecule has 2 rings (SSSR count). The highest BCUT2D eigenvalue weighted by molar-refractivity contribution is 9.10. The topological polar surface area (TPSA) is 45.0 Å². The van der Waals surface area contributed by atoms with Gasteiger partial charge >= 0.3 is 0 Å². The van der Waals surface area contributed by atoms with Crippen molar-refractivity contribution in [2.45, 2.75) is 31.4 Å². The molecule has 0 spiro atoms. The summed E-state index contributed by atoms with van der Waals surface area (Å²) in [5, 5.41) is 12.3. The Morgan fingerprint density at radius 1 is 1.47 bits per heavy atom. The first-order chi connectivity index (χ1) is 8.24. The van der Waals surface area contributed by atoms with Crippen molar-refractivity contribution < 1.29 is 4.74 Å². The van der Waals surface area contributed by atoms with Crippen molar-refractivity contribution in [3.8, 4) is 6.07 Å². The van der Waals surface area contributed by atoms with E-state index in [4.69, 9.17) is 10.00 Å². The lowest BCUT2D eigenvalue weighted by Crippen LogP contribution is -2.29. The molecule has 1 aliphatic rings. The molecule has 0 bridgehead atoms. The largest absolute Gasteiger partial charge is 0.380 e. The molecule has 1 aromatic carbocycles. The predicted molar refractivity (Wildman–Crippen MR) is 70.9 cm³/mol. The molecule has 0 saturated heterocycles. The zero-order valence-corrected chi connectivity index (χ0v) is 11.3. The van der Waals surface area contributed by atoms with Gasteiger partial charge in [-0.15, -0.1) is 0 Å². The second-order valence-electron chi connectivity index (χ2n) is 4.26. The lowest BCUT2D eigenvalue weighted by molar-refractivity contribution is 0.101. The smallest absolute Gasteiger partial charge is 0.100 e. The molecule has 90 valence electrons. The average molecular weight is 295 g/mol. The zero-order valence-electron chi connectivity index (χ0n) is 9.74. The van der Waals surface area contributed by atoms with Crippen molar-refractivity contribution in [1.82, 2.24) is 0 Å².